The van der Waals surface area contributed by atoms with Gasteiger partial charge in [-0.15, -0.1) is 11.3 Å². The minimum absolute atomic E-state index is 0.0722. The van der Waals surface area contributed by atoms with Crippen LogP contribution in [0.5, 0.6) is 0 Å². The number of carbonyl (C=O) groups excluding carboxylic acids is 2. The summed E-state index contributed by atoms with van der Waals surface area (Å²) in [5, 5.41) is 3.56. The predicted molar refractivity (Wildman–Crippen MR) is 81.1 cm³/mol. The first-order valence-corrected chi connectivity index (χ1v) is 7.85. The third kappa shape index (κ3) is 4.47. The molecule has 6 heteroatoms. The van der Waals surface area contributed by atoms with E-state index in [1.807, 2.05) is 30.3 Å². The highest BCUT2D eigenvalue weighted by atomic mass is 32.2. The average Bonchev–Trinajstić information content (AvgIpc) is 2.92. The number of rotatable bonds is 6. The van der Waals surface area contributed by atoms with Crippen molar-refractivity contribution in [3.8, 4) is 0 Å². The van der Waals surface area contributed by atoms with Gasteiger partial charge >= 0.3 is 0 Å². The van der Waals surface area contributed by atoms with Crippen molar-refractivity contribution in [2.24, 2.45) is 0 Å². The molecule has 2 aromatic rings. The maximum atomic E-state index is 12.0. The highest BCUT2D eigenvalue weighted by molar-refractivity contribution is 7.99. The Kier molecular flexibility index (Phi) is 5.31. The van der Waals surface area contributed by atoms with E-state index < -0.39 is 0 Å². The van der Waals surface area contributed by atoms with E-state index in [9.17, 15) is 9.59 Å². The number of thiophene rings is 1. The van der Waals surface area contributed by atoms with Crippen molar-refractivity contribution in [2.75, 3.05) is 5.75 Å². The van der Waals surface area contributed by atoms with E-state index in [-0.39, 0.29) is 11.7 Å². The number of thioether (sulfide) groups is 1. The van der Waals surface area contributed by atoms with Gasteiger partial charge in [-0.05, 0) is 24.3 Å². The second-order valence-electron chi connectivity index (χ2n) is 4.06. The van der Waals surface area contributed by atoms with Crippen LogP contribution >= 0.6 is 23.1 Å². The van der Waals surface area contributed by atoms with Gasteiger partial charge in [0.05, 0.1) is 22.2 Å². The van der Waals surface area contributed by atoms with Crippen LogP contribution in [-0.4, -0.2) is 22.4 Å². The molecule has 104 valence electrons. The van der Waals surface area contributed by atoms with Gasteiger partial charge in [0.15, 0.2) is 5.78 Å². The molecule has 0 radical (unpaired) electrons. The molecule has 0 spiro atoms. The lowest BCUT2D eigenvalue weighted by Crippen LogP contribution is -2.18. The summed E-state index contributed by atoms with van der Waals surface area (Å²) in [6.45, 7) is 1.95. The van der Waals surface area contributed by atoms with E-state index >= 15 is 0 Å². The molecule has 0 aromatic carbocycles. The van der Waals surface area contributed by atoms with Gasteiger partial charge in [-0.1, -0.05) is 17.8 Å². The first-order valence-electron chi connectivity index (χ1n) is 6.05. The molecule has 0 atom stereocenters. The largest absolute Gasteiger partial charge is 0.351 e. The maximum absolute atomic E-state index is 12.0. The van der Waals surface area contributed by atoms with E-state index in [1.165, 1.54) is 30.0 Å². The molecule has 0 fully saturated rings. The molecule has 20 heavy (non-hydrogen) atoms. The molecule has 2 aromatic heterocycles. The zero-order valence-electron chi connectivity index (χ0n) is 11.0. The zero-order valence-corrected chi connectivity index (χ0v) is 12.6. The Hall–Kier alpha value is -1.66. The Bertz CT molecular complexity index is 596. The topological polar surface area (TPSA) is 59.1 Å². The summed E-state index contributed by atoms with van der Waals surface area (Å²) in [4.78, 5) is 28.7. The smallest absolute Gasteiger partial charge is 0.217 e. The van der Waals surface area contributed by atoms with Crippen molar-refractivity contribution in [2.45, 2.75) is 18.5 Å². The van der Waals surface area contributed by atoms with Gasteiger partial charge in [0.1, 0.15) is 0 Å². The fourth-order valence-corrected chi connectivity index (χ4v) is 3.20. The van der Waals surface area contributed by atoms with Crippen LogP contribution in [-0.2, 0) is 11.3 Å². The van der Waals surface area contributed by atoms with Crippen LogP contribution in [0.4, 0.5) is 0 Å². The molecule has 1 amide bonds. The Morgan fingerprint density at radius 3 is 2.85 bits per heavy atom. The number of hydrogen-bond acceptors (Lipinski definition) is 5. The second-order valence-corrected chi connectivity index (χ2v) is 6.22. The van der Waals surface area contributed by atoms with Crippen molar-refractivity contribution in [1.29, 1.82) is 0 Å². The van der Waals surface area contributed by atoms with Crippen molar-refractivity contribution < 1.29 is 9.59 Å². The number of Topliss-reactive ketones (excluding diaryl/α,β-unsaturated/α-hetero) is 1. The number of ketones is 1. The van der Waals surface area contributed by atoms with E-state index in [1.54, 1.807) is 6.20 Å². The van der Waals surface area contributed by atoms with Crippen LogP contribution in [0.2, 0.25) is 0 Å². The summed E-state index contributed by atoms with van der Waals surface area (Å²) >= 11 is 2.85. The van der Waals surface area contributed by atoms with Gasteiger partial charge < -0.3 is 5.32 Å². The molecular weight excluding hydrogens is 292 g/mol. The van der Waals surface area contributed by atoms with Crippen molar-refractivity contribution in [1.82, 2.24) is 10.3 Å². The first-order chi connectivity index (χ1) is 9.65. The maximum Gasteiger partial charge on any atom is 0.217 e. The van der Waals surface area contributed by atoms with E-state index in [0.717, 1.165) is 9.90 Å². The summed E-state index contributed by atoms with van der Waals surface area (Å²) in [6, 6.07) is 9.31. The minimum atomic E-state index is -0.0722. The molecule has 0 aliphatic carbocycles. The second kappa shape index (κ2) is 7.21. The number of amides is 1. The van der Waals surface area contributed by atoms with Crippen LogP contribution in [0.25, 0.3) is 0 Å². The van der Waals surface area contributed by atoms with E-state index in [2.05, 4.69) is 10.3 Å². The summed E-state index contributed by atoms with van der Waals surface area (Å²) < 4.78 is 0. The molecule has 2 rings (SSSR count). The monoisotopic (exact) mass is 306 g/mol. The van der Waals surface area contributed by atoms with Gasteiger partial charge in [-0.3, -0.25) is 9.59 Å². The SMILES string of the molecule is CC(=O)NCc1ccc(C(=O)CSc2ccccn2)s1. The Morgan fingerprint density at radius 1 is 1.30 bits per heavy atom. The van der Waals surface area contributed by atoms with Crippen molar-refractivity contribution in [3.05, 3.63) is 46.3 Å². The van der Waals surface area contributed by atoms with Gasteiger partial charge in [0.25, 0.3) is 0 Å². The number of nitrogens with zero attached hydrogens (tertiary/aromatic N) is 1. The molecule has 0 bridgehead atoms. The molecule has 0 saturated heterocycles. The van der Waals surface area contributed by atoms with Crippen molar-refractivity contribution in [3.63, 3.8) is 0 Å². The van der Waals surface area contributed by atoms with Crippen LogP contribution < -0.4 is 5.32 Å². The average molecular weight is 306 g/mol. The van der Waals surface area contributed by atoms with Gasteiger partial charge in [-0.25, -0.2) is 4.98 Å². The van der Waals surface area contributed by atoms with Crippen molar-refractivity contribution >= 4 is 34.8 Å². The lowest BCUT2D eigenvalue weighted by molar-refractivity contribution is -0.119. The number of pyridine rings is 1. The molecular formula is C14H14N2O2S2. The number of nitrogens with one attached hydrogen (secondary N) is 1. The minimum Gasteiger partial charge on any atom is -0.351 e. The molecule has 0 saturated carbocycles. The Balaban J connectivity index is 1.88. The lowest BCUT2D eigenvalue weighted by atomic mass is 10.3. The highest BCUT2D eigenvalue weighted by Crippen LogP contribution is 2.21. The molecule has 0 aliphatic rings. The number of aromatic nitrogens is 1. The summed E-state index contributed by atoms with van der Waals surface area (Å²) in [5.41, 5.74) is 0. The molecule has 1 N–H and O–H groups in total. The van der Waals surface area contributed by atoms with Gasteiger partial charge in [0, 0.05) is 18.0 Å². The fraction of sp³-hybridized carbons (Fsp3) is 0.214. The zero-order chi connectivity index (χ0) is 14.4. The highest BCUT2D eigenvalue weighted by Gasteiger charge is 2.10. The first kappa shape index (κ1) is 14.7. The number of hydrogen-bond donors (Lipinski definition) is 1. The Morgan fingerprint density at radius 2 is 2.15 bits per heavy atom. The van der Waals surface area contributed by atoms with Crippen LogP contribution in [0, 0.1) is 0 Å². The lowest BCUT2D eigenvalue weighted by Gasteiger charge is -1.99. The van der Waals surface area contributed by atoms with E-state index in [0.29, 0.717) is 17.2 Å². The van der Waals surface area contributed by atoms with Gasteiger partial charge in [0.2, 0.25) is 5.91 Å². The van der Waals surface area contributed by atoms with Crippen LogP contribution in [0.3, 0.4) is 0 Å². The third-order valence-corrected chi connectivity index (χ3v) is 4.51. The fourth-order valence-electron chi connectivity index (χ4n) is 1.48. The summed E-state index contributed by atoms with van der Waals surface area (Å²) in [6.07, 6.45) is 1.71. The van der Waals surface area contributed by atoms with Crippen LogP contribution in [0.1, 0.15) is 21.5 Å². The van der Waals surface area contributed by atoms with E-state index in [4.69, 9.17) is 0 Å². The van der Waals surface area contributed by atoms with Gasteiger partial charge in [-0.2, -0.15) is 0 Å². The molecule has 0 unspecified atom stereocenters. The quantitative estimate of drug-likeness (QED) is 0.658. The normalized spacial score (nSPS) is 10.2. The standard InChI is InChI=1S/C14H14N2O2S2/c1-10(17)16-8-11-5-6-13(20-11)12(18)9-19-14-4-2-3-7-15-14/h2-7H,8-9H2,1H3,(H,16,17). The summed E-state index contributed by atoms with van der Waals surface area (Å²) in [7, 11) is 0. The van der Waals surface area contributed by atoms with Crippen LogP contribution in [0.15, 0.2) is 41.6 Å². The number of carbonyl (C=O) groups is 2. The predicted octanol–water partition coefficient (Wildman–Crippen LogP) is 2.75. The molecule has 0 aliphatic heterocycles. The molecule has 2 heterocycles. The molecule has 4 nitrogen and oxygen atoms in total. The third-order valence-electron chi connectivity index (χ3n) is 2.44. The Labute approximate surface area is 125 Å². The summed E-state index contributed by atoms with van der Waals surface area (Å²) in [5.74, 6) is 0.383.